The Bertz CT molecular complexity index is 623. The molecule has 0 aliphatic carbocycles. The predicted octanol–water partition coefficient (Wildman–Crippen LogP) is 5.01. The van der Waals surface area contributed by atoms with Crippen LogP contribution in [0.3, 0.4) is 0 Å². The van der Waals surface area contributed by atoms with Crippen LogP contribution in [-0.2, 0) is 4.79 Å². The van der Waals surface area contributed by atoms with Gasteiger partial charge in [-0.25, -0.2) is 0 Å². The topological polar surface area (TPSA) is 47.6 Å². The molecule has 0 aliphatic rings. The second-order valence-electron chi connectivity index (χ2n) is 5.15. The second-order valence-corrected chi connectivity index (χ2v) is 5.15. The van der Waals surface area contributed by atoms with E-state index in [9.17, 15) is 4.79 Å². The zero-order valence-corrected chi connectivity index (χ0v) is 13.7. The van der Waals surface area contributed by atoms with Gasteiger partial charge in [-0.05, 0) is 49.7 Å². The highest BCUT2D eigenvalue weighted by molar-refractivity contribution is 5.92. The molecule has 0 fully saturated rings. The van der Waals surface area contributed by atoms with Crippen LogP contribution in [0, 0.1) is 0 Å². The van der Waals surface area contributed by atoms with E-state index in [2.05, 4.69) is 12.2 Å². The molecular formula is C19H23NO3. The highest BCUT2D eigenvalue weighted by atomic mass is 16.5. The minimum absolute atomic E-state index is 0.00888. The Morgan fingerprint density at radius 1 is 1.00 bits per heavy atom. The molecule has 0 unspecified atom stereocenters. The third kappa shape index (κ3) is 5.33. The van der Waals surface area contributed by atoms with Crippen LogP contribution in [0.5, 0.6) is 17.2 Å². The maximum Gasteiger partial charge on any atom is 0.224 e. The van der Waals surface area contributed by atoms with Gasteiger partial charge in [0, 0.05) is 6.42 Å². The minimum atomic E-state index is 0.00888. The molecule has 4 heteroatoms. The first kappa shape index (κ1) is 16.9. The van der Waals surface area contributed by atoms with Gasteiger partial charge in [0.1, 0.15) is 11.5 Å². The summed E-state index contributed by atoms with van der Waals surface area (Å²) in [5.74, 6) is 2.14. The molecule has 0 saturated heterocycles. The lowest BCUT2D eigenvalue weighted by Crippen LogP contribution is -2.11. The molecule has 0 saturated carbocycles. The number of hydrogen-bond donors (Lipinski definition) is 1. The smallest absolute Gasteiger partial charge is 0.224 e. The summed E-state index contributed by atoms with van der Waals surface area (Å²) >= 11 is 0. The molecule has 122 valence electrons. The van der Waals surface area contributed by atoms with E-state index in [-0.39, 0.29) is 5.91 Å². The van der Waals surface area contributed by atoms with Gasteiger partial charge in [0.15, 0.2) is 5.75 Å². The number of amides is 1. The molecule has 23 heavy (non-hydrogen) atoms. The number of ether oxygens (including phenoxy) is 2. The quantitative estimate of drug-likeness (QED) is 0.745. The van der Waals surface area contributed by atoms with Crippen molar-refractivity contribution in [1.29, 1.82) is 0 Å². The van der Waals surface area contributed by atoms with Gasteiger partial charge < -0.3 is 14.8 Å². The first-order valence-corrected chi connectivity index (χ1v) is 8.02. The first-order chi connectivity index (χ1) is 11.2. The largest absolute Gasteiger partial charge is 0.494 e. The Hall–Kier alpha value is -2.49. The third-order valence-electron chi connectivity index (χ3n) is 3.28. The lowest BCUT2D eigenvalue weighted by Gasteiger charge is -2.12. The number of carbonyl (C=O) groups excluding carboxylic acids is 1. The van der Waals surface area contributed by atoms with E-state index in [1.165, 1.54) is 0 Å². The number of anilines is 1. The van der Waals surface area contributed by atoms with Crippen molar-refractivity contribution < 1.29 is 14.3 Å². The van der Waals surface area contributed by atoms with Crippen molar-refractivity contribution >= 4 is 11.6 Å². The fourth-order valence-corrected chi connectivity index (χ4v) is 2.11. The standard InChI is InChI=1S/C19H23NO3/c1-3-5-10-19(21)20-17-8-6-7-9-18(17)23-16-13-11-15(12-14-16)22-4-2/h6-9,11-14H,3-5,10H2,1-2H3,(H,20,21). The van der Waals surface area contributed by atoms with E-state index in [0.29, 0.717) is 30.2 Å². The van der Waals surface area contributed by atoms with Gasteiger partial charge in [-0.1, -0.05) is 25.5 Å². The molecule has 0 heterocycles. The third-order valence-corrected chi connectivity index (χ3v) is 3.28. The highest BCUT2D eigenvalue weighted by Gasteiger charge is 2.08. The Morgan fingerprint density at radius 2 is 1.70 bits per heavy atom. The fourth-order valence-electron chi connectivity index (χ4n) is 2.11. The lowest BCUT2D eigenvalue weighted by molar-refractivity contribution is -0.116. The van der Waals surface area contributed by atoms with Crippen LogP contribution in [-0.4, -0.2) is 12.5 Å². The highest BCUT2D eigenvalue weighted by Crippen LogP contribution is 2.30. The summed E-state index contributed by atoms with van der Waals surface area (Å²) in [6.07, 6.45) is 2.40. The number of unbranched alkanes of at least 4 members (excludes halogenated alkanes) is 1. The summed E-state index contributed by atoms with van der Waals surface area (Å²) in [5.41, 5.74) is 0.683. The van der Waals surface area contributed by atoms with Crippen LogP contribution in [0.2, 0.25) is 0 Å². The lowest BCUT2D eigenvalue weighted by atomic mass is 10.2. The summed E-state index contributed by atoms with van der Waals surface area (Å²) in [6.45, 7) is 4.64. The molecule has 1 amide bonds. The number of rotatable bonds is 8. The van der Waals surface area contributed by atoms with Crippen LogP contribution in [0.4, 0.5) is 5.69 Å². The maximum atomic E-state index is 11.9. The van der Waals surface area contributed by atoms with Crippen molar-refractivity contribution in [2.75, 3.05) is 11.9 Å². The molecule has 4 nitrogen and oxygen atoms in total. The second kappa shape index (κ2) is 8.83. The van der Waals surface area contributed by atoms with Gasteiger partial charge in [0.05, 0.1) is 12.3 Å². The molecule has 0 bridgehead atoms. The average molecular weight is 313 g/mol. The van der Waals surface area contributed by atoms with Gasteiger partial charge >= 0.3 is 0 Å². The average Bonchev–Trinajstić information content (AvgIpc) is 2.57. The zero-order valence-electron chi connectivity index (χ0n) is 13.7. The monoisotopic (exact) mass is 313 g/mol. The first-order valence-electron chi connectivity index (χ1n) is 8.02. The molecular weight excluding hydrogens is 290 g/mol. The molecule has 2 aromatic rings. The van der Waals surface area contributed by atoms with Gasteiger partial charge in [-0.2, -0.15) is 0 Å². The van der Waals surface area contributed by atoms with Crippen LogP contribution in [0.15, 0.2) is 48.5 Å². The summed E-state index contributed by atoms with van der Waals surface area (Å²) in [5, 5.41) is 2.91. The van der Waals surface area contributed by atoms with E-state index in [1.807, 2.05) is 55.5 Å². The summed E-state index contributed by atoms with van der Waals surface area (Å²) in [6, 6.07) is 14.9. The summed E-state index contributed by atoms with van der Waals surface area (Å²) in [4.78, 5) is 11.9. The predicted molar refractivity (Wildman–Crippen MR) is 92.3 cm³/mol. The molecule has 1 N–H and O–H groups in total. The van der Waals surface area contributed by atoms with Crippen molar-refractivity contribution in [2.24, 2.45) is 0 Å². The van der Waals surface area contributed by atoms with Gasteiger partial charge in [0.2, 0.25) is 5.91 Å². The summed E-state index contributed by atoms with van der Waals surface area (Å²) < 4.78 is 11.3. The van der Waals surface area contributed by atoms with Crippen molar-refractivity contribution in [3.05, 3.63) is 48.5 Å². The number of carbonyl (C=O) groups is 1. The van der Waals surface area contributed by atoms with Crippen LogP contribution in [0.1, 0.15) is 33.1 Å². The van der Waals surface area contributed by atoms with E-state index >= 15 is 0 Å². The summed E-state index contributed by atoms with van der Waals surface area (Å²) in [7, 11) is 0. The van der Waals surface area contributed by atoms with Crippen molar-refractivity contribution in [3.8, 4) is 17.2 Å². The molecule has 0 atom stereocenters. The fraction of sp³-hybridized carbons (Fsp3) is 0.316. The Kier molecular flexibility index (Phi) is 6.48. The van der Waals surface area contributed by atoms with Gasteiger partial charge in [-0.15, -0.1) is 0 Å². The number of nitrogens with one attached hydrogen (secondary N) is 1. The number of benzene rings is 2. The van der Waals surface area contributed by atoms with E-state index < -0.39 is 0 Å². The molecule has 2 rings (SSSR count). The normalized spacial score (nSPS) is 10.2. The Labute approximate surface area is 137 Å². The number of para-hydroxylation sites is 2. The van der Waals surface area contributed by atoms with Crippen molar-refractivity contribution in [3.63, 3.8) is 0 Å². The Balaban J connectivity index is 2.06. The molecule has 0 spiro atoms. The zero-order chi connectivity index (χ0) is 16.5. The Morgan fingerprint density at radius 3 is 2.39 bits per heavy atom. The molecule has 2 aromatic carbocycles. The van der Waals surface area contributed by atoms with Gasteiger partial charge in [-0.3, -0.25) is 4.79 Å². The van der Waals surface area contributed by atoms with Crippen molar-refractivity contribution in [1.82, 2.24) is 0 Å². The van der Waals surface area contributed by atoms with Gasteiger partial charge in [0.25, 0.3) is 0 Å². The molecule has 0 aromatic heterocycles. The van der Waals surface area contributed by atoms with E-state index in [1.54, 1.807) is 0 Å². The van der Waals surface area contributed by atoms with Crippen LogP contribution >= 0.6 is 0 Å². The van der Waals surface area contributed by atoms with E-state index in [4.69, 9.17) is 9.47 Å². The van der Waals surface area contributed by atoms with Crippen molar-refractivity contribution in [2.45, 2.75) is 33.1 Å². The minimum Gasteiger partial charge on any atom is -0.494 e. The number of hydrogen-bond acceptors (Lipinski definition) is 3. The molecule has 0 radical (unpaired) electrons. The maximum absolute atomic E-state index is 11.9. The molecule has 0 aliphatic heterocycles. The SMILES string of the molecule is CCCCC(=O)Nc1ccccc1Oc1ccc(OCC)cc1. The van der Waals surface area contributed by atoms with Crippen LogP contribution < -0.4 is 14.8 Å². The van der Waals surface area contributed by atoms with E-state index in [0.717, 1.165) is 18.6 Å². The van der Waals surface area contributed by atoms with Crippen LogP contribution in [0.25, 0.3) is 0 Å².